The lowest BCUT2D eigenvalue weighted by molar-refractivity contribution is -0.145. The van der Waals surface area contributed by atoms with Gasteiger partial charge >= 0.3 is 5.97 Å². The summed E-state index contributed by atoms with van der Waals surface area (Å²) < 4.78 is 77.2. The Morgan fingerprint density at radius 2 is 0.860 bits per heavy atom. The number of ether oxygens (including phenoxy) is 9. The van der Waals surface area contributed by atoms with Crippen molar-refractivity contribution in [1.29, 1.82) is 0 Å². The number of hydrogen-bond donors (Lipinski definition) is 0. The van der Waals surface area contributed by atoms with Crippen molar-refractivity contribution in [2.45, 2.75) is 31.6 Å². The summed E-state index contributed by atoms with van der Waals surface area (Å²) in [4.78, 5) is 11.3. The second-order valence-corrected chi connectivity index (χ2v) is 10.6. The molecule has 14 heteroatoms. The summed E-state index contributed by atoms with van der Waals surface area (Å²) in [6.07, 6.45) is 1.21. The molecule has 0 N–H and O–H groups in total. The van der Waals surface area contributed by atoms with Crippen LogP contribution in [0.15, 0.2) is 29.2 Å². The van der Waals surface area contributed by atoms with E-state index in [1.165, 1.54) is 12.1 Å². The predicted octanol–water partition coefficient (Wildman–Crippen LogP) is 2.18. The Labute approximate surface area is 256 Å². The predicted molar refractivity (Wildman–Crippen MR) is 157 cm³/mol. The minimum atomic E-state index is -3.77. The van der Waals surface area contributed by atoms with Crippen molar-refractivity contribution in [2.75, 3.05) is 119 Å². The highest BCUT2D eigenvalue weighted by molar-refractivity contribution is 7.86. The van der Waals surface area contributed by atoms with Gasteiger partial charge in [0.05, 0.1) is 117 Å². The van der Waals surface area contributed by atoms with Crippen LogP contribution in [-0.2, 0) is 61.7 Å². The van der Waals surface area contributed by atoms with Gasteiger partial charge < -0.3 is 42.6 Å². The molecule has 0 aliphatic carbocycles. The highest BCUT2D eigenvalue weighted by atomic mass is 32.2. The molecule has 0 saturated carbocycles. The average molecular weight is 639 g/mol. The van der Waals surface area contributed by atoms with Crippen molar-refractivity contribution in [3.05, 3.63) is 29.8 Å². The van der Waals surface area contributed by atoms with Crippen LogP contribution in [0.25, 0.3) is 0 Å². The van der Waals surface area contributed by atoms with E-state index in [4.69, 9.17) is 46.8 Å². The Balaban J connectivity index is 1.71. The largest absolute Gasteiger partial charge is 0.463 e. The minimum Gasteiger partial charge on any atom is -0.463 e. The molecule has 43 heavy (non-hydrogen) atoms. The fourth-order valence-corrected chi connectivity index (χ4v) is 4.00. The van der Waals surface area contributed by atoms with Gasteiger partial charge in [0.25, 0.3) is 10.1 Å². The summed E-state index contributed by atoms with van der Waals surface area (Å²) in [5.74, 6) is -0.196. The standard InChI is InChI=1S/C29H50O13S/c1-3-4-29(30)41-25-23-39-21-19-37-17-15-35-13-11-33-9-10-34-12-14-36-16-18-38-20-22-40-24-26-42-43(31,32)28-7-5-27(2)6-8-28/h5-8H,3-4,9-26H2,1-2H3. The Hall–Kier alpha value is -1.72. The number of aryl methyl sites for hydroxylation is 1. The van der Waals surface area contributed by atoms with E-state index in [1.54, 1.807) is 12.1 Å². The Morgan fingerprint density at radius 1 is 0.535 bits per heavy atom. The average Bonchev–Trinajstić information content (AvgIpc) is 2.99. The Morgan fingerprint density at radius 3 is 1.21 bits per heavy atom. The lowest BCUT2D eigenvalue weighted by atomic mass is 10.2. The highest BCUT2D eigenvalue weighted by Gasteiger charge is 2.14. The van der Waals surface area contributed by atoms with Gasteiger partial charge in [-0.3, -0.25) is 8.98 Å². The summed E-state index contributed by atoms with van der Waals surface area (Å²) in [6, 6.07) is 6.47. The van der Waals surface area contributed by atoms with Crippen LogP contribution >= 0.6 is 0 Å². The molecule has 0 aliphatic heterocycles. The van der Waals surface area contributed by atoms with Crippen molar-refractivity contribution in [3.8, 4) is 0 Å². The van der Waals surface area contributed by atoms with E-state index < -0.39 is 10.1 Å². The molecule has 0 heterocycles. The third-order valence-electron chi connectivity index (χ3n) is 5.32. The number of hydrogen-bond acceptors (Lipinski definition) is 13. The molecule has 0 bridgehead atoms. The number of carbonyl (C=O) groups excluding carboxylic acids is 1. The lowest BCUT2D eigenvalue weighted by Crippen LogP contribution is -2.16. The monoisotopic (exact) mass is 638 g/mol. The van der Waals surface area contributed by atoms with Crippen LogP contribution in [0.2, 0.25) is 0 Å². The van der Waals surface area contributed by atoms with Crippen LogP contribution in [0.3, 0.4) is 0 Å². The Kier molecular flexibility index (Phi) is 25.4. The molecule has 0 atom stereocenters. The van der Waals surface area contributed by atoms with Crippen molar-refractivity contribution < 1.29 is 60.0 Å². The van der Waals surface area contributed by atoms with E-state index in [1.807, 2.05) is 13.8 Å². The number of esters is 1. The molecule has 0 spiro atoms. The summed E-state index contributed by atoms with van der Waals surface area (Å²) >= 11 is 0. The molecule has 0 aromatic heterocycles. The van der Waals surface area contributed by atoms with Gasteiger partial charge in [0.15, 0.2) is 0 Å². The van der Waals surface area contributed by atoms with Gasteiger partial charge in [-0.25, -0.2) is 0 Å². The minimum absolute atomic E-state index is 0.0615. The molecule has 0 fully saturated rings. The number of rotatable bonds is 31. The van der Waals surface area contributed by atoms with E-state index >= 15 is 0 Å². The first-order valence-electron chi connectivity index (χ1n) is 14.7. The van der Waals surface area contributed by atoms with E-state index in [-0.39, 0.29) is 30.7 Å². The molecule has 13 nitrogen and oxygen atoms in total. The SMILES string of the molecule is CCCC(=O)OCCOCCOCCOCCOCCOCCOCCOCCOCCOS(=O)(=O)c1ccc(C)cc1. The van der Waals surface area contributed by atoms with Crippen LogP contribution in [0.5, 0.6) is 0 Å². The van der Waals surface area contributed by atoms with E-state index in [2.05, 4.69) is 0 Å². The highest BCUT2D eigenvalue weighted by Crippen LogP contribution is 2.12. The first-order chi connectivity index (χ1) is 21.0. The van der Waals surface area contributed by atoms with Gasteiger partial charge in [0.2, 0.25) is 0 Å². The summed E-state index contributed by atoms with van der Waals surface area (Å²) in [5, 5.41) is 0. The van der Waals surface area contributed by atoms with Gasteiger partial charge in [-0.1, -0.05) is 24.6 Å². The first-order valence-corrected chi connectivity index (χ1v) is 16.1. The van der Waals surface area contributed by atoms with Crippen LogP contribution in [0, 0.1) is 6.92 Å². The zero-order chi connectivity index (χ0) is 31.3. The first kappa shape index (κ1) is 39.3. The lowest BCUT2D eigenvalue weighted by Gasteiger charge is -2.09. The summed E-state index contributed by atoms with van der Waals surface area (Å²) in [7, 11) is -3.77. The maximum absolute atomic E-state index is 12.1. The third-order valence-corrected chi connectivity index (χ3v) is 6.65. The van der Waals surface area contributed by atoms with Gasteiger partial charge in [-0.2, -0.15) is 8.42 Å². The van der Waals surface area contributed by atoms with Gasteiger partial charge in [-0.15, -0.1) is 0 Å². The molecule has 0 radical (unpaired) electrons. The van der Waals surface area contributed by atoms with Gasteiger partial charge in [0.1, 0.15) is 6.61 Å². The normalized spacial score (nSPS) is 11.7. The zero-order valence-electron chi connectivity index (χ0n) is 25.7. The van der Waals surface area contributed by atoms with Crippen LogP contribution < -0.4 is 0 Å². The topological polar surface area (TPSA) is 144 Å². The molecule has 250 valence electrons. The van der Waals surface area contributed by atoms with Crippen LogP contribution in [-0.4, -0.2) is 133 Å². The molecular formula is C29H50O13S. The fraction of sp³-hybridized carbons (Fsp3) is 0.759. The maximum Gasteiger partial charge on any atom is 0.305 e. The molecule has 0 unspecified atom stereocenters. The molecular weight excluding hydrogens is 588 g/mol. The molecule has 1 aromatic carbocycles. The number of carbonyl (C=O) groups is 1. The second kappa shape index (κ2) is 27.8. The van der Waals surface area contributed by atoms with Crippen molar-refractivity contribution in [1.82, 2.24) is 0 Å². The van der Waals surface area contributed by atoms with E-state index in [0.717, 1.165) is 12.0 Å². The third kappa shape index (κ3) is 24.3. The summed E-state index contributed by atoms with van der Waals surface area (Å²) in [5.41, 5.74) is 0.973. The maximum atomic E-state index is 12.1. The number of benzene rings is 1. The van der Waals surface area contributed by atoms with Gasteiger partial charge in [-0.05, 0) is 25.5 Å². The summed E-state index contributed by atoms with van der Waals surface area (Å²) in [6.45, 7) is 10.7. The van der Waals surface area contributed by atoms with E-state index in [9.17, 15) is 13.2 Å². The van der Waals surface area contributed by atoms with Crippen molar-refractivity contribution in [3.63, 3.8) is 0 Å². The molecule has 1 rings (SSSR count). The Bertz CT molecular complexity index is 881. The molecule has 0 amide bonds. The molecule has 0 aliphatic rings. The molecule has 1 aromatic rings. The van der Waals surface area contributed by atoms with Crippen LogP contribution in [0.4, 0.5) is 0 Å². The van der Waals surface area contributed by atoms with Crippen molar-refractivity contribution in [2.24, 2.45) is 0 Å². The molecule has 0 saturated heterocycles. The van der Waals surface area contributed by atoms with Crippen molar-refractivity contribution >= 4 is 16.1 Å². The van der Waals surface area contributed by atoms with Gasteiger partial charge in [0, 0.05) is 6.42 Å². The zero-order valence-corrected chi connectivity index (χ0v) is 26.5. The van der Waals surface area contributed by atoms with E-state index in [0.29, 0.717) is 106 Å². The second-order valence-electron chi connectivity index (χ2n) is 8.96. The smallest absolute Gasteiger partial charge is 0.305 e. The fourth-order valence-electron chi connectivity index (χ4n) is 3.11. The van der Waals surface area contributed by atoms with Crippen LogP contribution in [0.1, 0.15) is 25.3 Å². The quantitative estimate of drug-likeness (QED) is 0.0666.